The Hall–Kier alpha value is -0.610. The van der Waals surface area contributed by atoms with Gasteiger partial charge in [0.15, 0.2) is 0 Å². The van der Waals surface area contributed by atoms with Crippen molar-refractivity contribution in [2.45, 2.75) is 64.5 Å². The predicted molar refractivity (Wildman–Crippen MR) is 82.7 cm³/mol. The van der Waals surface area contributed by atoms with Crippen molar-refractivity contribution in [2.24, 2.45) is 5.92 Å². The number of likely N-dealkylation sites (tertiary alicyclic amines) is 1. The number of hydrogen-bond donors (Lipinski definition) is 2. The third-order valence-electron chi connectivity index (χ3n) is 4.61. The first-order chi connectivity index (χ1) is 9.63. The lowest BCUT2D eigenvalue weighted by Gasteiger charge is -2.39. The van der Waals surface area contributed by atoms with E-state index in [-0.39, 0.29) is 5.91 Å². The fourth-order valence-electron chi connectivity index (χ4n) is 3.76. The maximum Gasteiger partial charge on any atom is 0.216 e. The van der Waals surface area contributed by atoms with E-state index in [0.717, 1.165) is 31.6 Å². The summed E-state index contributed by atoms with van der Waals surface area (Å²) in [7, 11) is 0. The van der Waals surface area contributed by atoms with Crippen LogP contribution in [-0.2, 0) is 4.79 Å². The highest BCUT2D eigenvalue weighted by Gasteiger charge is 2.26. The second-order valence-electron chi connectivity index (χ2n) is 6.78. The van der Waals surface area contributed by atoms with Crippen molar-refractivity contribution in [1.82, 2.24) is 15.5 Å². The molecule has 1 aliphatic carbocycles. The summed E-state index contributed by atoms with van der Waals surface area (Å²) in [5.74, 6) is 0.828. The molecule has 116 valence electrons. The van der Waals surface area contributed by atoms with E-state index in [9.17, 15) is 4.79 Å². The van der Waals surface area contributed by atoms with Crippen LogP contribution in [0.15, 0.2) is 0 Å². The van der Waals surface area contributed by atoms with E-state index in [1.165, 1.54) is 45.1 Å². The molecule has 0 bridgehead atoms. The summed E-state index contributed by atoms with van der Waals surface area (Å²) in [5, 5.41) is 6.79. The Morgan fingerprint density at radius 2 is 1.90 bits per heavy atom. The molecule has 1 saturated carbocycles. The zero-order chi connectivity index (χ0) is 14.4. The summed E-state index contributed by atoms with van der Waals surface area (Å²) >= 11 is 0. The summed E-state index contributed by atoms with van der Waals surface area (Å²) in [6, 6.07) is 1.38. The molecule has 0 aromatic carbocycles. The van der Waals surface area contributed by atoms with Gasteiger partial charge in [0.2, 0.25) is 5.91 Å². The van der Waals surface area contributed by atoms with Crippen molar-refractivity contribution in [3.8, 4) is 0 Å². The van der Waals surface area contributed by atoms with Crippen LogP contribution >= 0.6 is 0 Å². The Kier molecular flexibility index (Phi) is 6.30. The van der Waals surface area contributed by atoms with Crippen molar-refractivity contribution < 1.29 is 4.79 Å². The number of nitrogens with one attached hydrogen (secondary N) is 2. The first-order valence-electron chi connectivity index (χ1n) is 8.36. The smallest absolute Gasteiger partial charge is 0.216 e. The molecule has 1 heterocycles. The molecule has 2 atom stereocenters. The van der Waals surface area contributed by atoms with Gasteiger partial charge in [-0.15, -0.1) is 0 Å². The number of carbonyl (C=O) groups is 1. The summed E-state index contributed by atoms with van der Waals surface area (Å²) in [6.07, 6.45) is 8.22. The Labute approximate surface area is 123 Å². The molecule has 0 aromatic rings. The largest absolute Gasteiger partial charge is 0.355 e. The van der Waals surface area contributed by atoms with Crippen LogP contribution in [0.1, 0.15) is 52.4 Å². The minimum Gasteiger partial charge on any atom is -0.355 e. The Morgan fingerprint density at radius 3 is 2.60 bits per heavy atom. The van der Waals surface area contributed by atoms with Gasteiger partial charge >= 0.3 is 0 Å². The number of amides is 1. The van der Waals surface area contributed by atoms with Gasteiger partial charge in [-0.3, -0.25) is 9.69 Å². The zero-order valence-electron chi connectivity index (χ0n) is 13.2. The molecular formula is C16H31N3O. The molecular weight excluding hydrogens is 250 g/mol. The summed E-state index contributed by atoms with van der Waals surface area (Å²) in [6.45, 7) is 8.00. The predicted octanol–water partition coefficient (Wildman–Crippen LogP) is 1.76. The molecule has 0 radical (unpaired) electrons. The fraction of sp³-hybridized carbons (Fsp3) is 0.938. The molecule has 0 aromatic heterocycles. The standard InChI is InChI=1S/C16H31N3O/c1-13-10-16(18-15-6-4-3-5-7-15)12-19(11-13)9-8-17-14(2)20/h13,15-16,18H,3-12H2,1-2H3,(H,17,20). The number of nitrogens with zero attached hydrogens (tertiary/aromatic N) is 1. The molecule has 2 fully saturated rings. The lowest BCUT2D eigenvalue weighted by atomic mass is 9.91. The van der Waals surface area contributed by atoms with Crippen molar-refractivity contribution in [3.05, 3.63) is 0 Å². The lowest BCUT2D eigenvalue weighted by Crippen LogP contribution is -2.52. The third-order valence-corrected chi connectivity index (χ3v) is 4.61. The van der Waals surface area contributed by atoms with E-state index in [4.69, 9.17) is 0 Å². The second-order valence-corrected chi connectivity index (χ2v) is 6.78. The van der Waals surface area contributed by atoms with E-state index < -0.39 is 0 Å². The molecule has 2 N–H and O–H groups in total. The number of piperidine rings is 1. The van der Waals surface area contributed by atoms with Crippen molar-refractivity contribution in [3.63, 3.8) is 0 Å². The summed E-state index contributed by atoms with van der Waals surface area (Å²) in [4.78, 5) is 13.4. The van der Waals surface area contributed by atoms with Gasteiger partial charge in [-0.25, -0.2) is 0 Å². The van der Waals surface area contributed by atoms with Crippen molar-refractivity contribution in [1.29, 1.82) is 0 Å². The SMILES string of the molecule is CC(=O)NCCN1CC(C)CC(NC2CCCCC2)C1. The van der Waals surface area contributed by atoms with Crippen molar-refractivity contribution >= 4 is 5.91 Å². The highest BCUT2D eigenvalue weighted by Crippen LogP contribution is 2.21. The summed E-state index contributed by atoms with van der Waals surface area (Å²) in [5.41, 5.74) is 0. The average molecular weight is 281 g/mol. The van der Waals surface area contributed by atoms with Gasteiger partial charge < -0.3 is 10.6 Å². The summed E-state index contributed by atoms with van der Waals surface area (Å²) < 4.78 is 0. The molecule has 20 heavy (non-hydrogen) atoms. The van der Waals surface area contributed by atoms with E-state index in [1.54, 1.807) is 6.92 Å². The Balaban J connectivity index is 1.73. The molecule has 4 heteroatoms. The van der Waals surface area contributed by atoms with E-state index in [1.807, 2.05) is 0 Å². The maximum absolute atomic E-state index is 10.9. The van der Waals surface area contributed by atoms with Gasteiger partial charge in [-0.05, 0) is 25.2 Å². The van der Waals surface area contributed by atoms with Gasteiger partial charge in [0.25, 0.3) is 0 Å². The third kappa shape index (κ3) is 5.41. The Bertz CT molecular complexity index is 302. The number of rotatable bonds is 5. The van der Waals surface area contributed by atoms with Crippen LogP contribution in [-0.4, -0.2) is 49.1 Å². The number of carbonyl (C=O) groups excluding carboxylic acids is 1. The maximum atomic E-state index is 10.9. The minimum absolute atomic E-state index is 0.0759. The molecule has 2 unspecified atom stereocenters. The van der Waals surface area contributed by atoms with Gasteiger partial charge in [0, 0.05) is 45.2 Å². The van der Waals surface area contributed by atoms with Gasteiger partial charge in [0.05, 0.1) is 0 Å². The number of hydrogen-bond acceptors (Lipinski definition) is 3. The van der Waals surface area contributed by atoms with Gasteiger partial charge in [0.1, 0.15) is 0 Å². The molecule has 2 aliphatic rings. The first kappa shape index (κ1) is 15.8. The fourth-order valence-corrected chi connectivity index (χ4v) is 3.76. The molecule has 2 rings (SSSR count). The molecule has 1 amide bonds. The van der Waals surface area contributed by atoms with Crippen LogP contribution in [0.4, 0.5) is 0 Å². The minimum atomic E-state index is 0.0759. The zero-order valence-corrected chi connectivity index (χ0v) is 13.2. The topological polar surface area (TPSA) is 44.4 Å². The van der Waals surface area contributed by atoms with Crippen molar-refractivity contribution in [2.75, 3.05) is 26.2 Å². The van der Waals surface area contributed by atoms with Crippen LogP contribution in [0.2, 0.25) is 0 Å². The highest BCUT2D eigenvalue weighted by molar-refractivity contribution is 5.72. The van der Waals surface area contributed by atoms with Crippen LogP contribution < -0.4 is 10.6 Å². The average Bonchev–Trinajstić information content (AvgIpc) is 2.38. The second kappa shape index (κ2) is 7.99. The lowest BCUT2D eigenvalue weighted by molar-refractivity contribution is -0.119. The van der Waals surface area contributed by atoms with E-state index in [2.05, 4.69) is 22.5 Å². The first-order valence-corrected chi connectivity index (χ1v) is 8.36. The molecule has 4 nitrogen and oxygen atoms in total. The molecule has 1 aliphatic heterocycles. The van der Waals surface area contributed by atoms with Gasteiger partial charge in [-0.1, -0.05) is 26.2 Å². The molecule has 1 saturated heterocycles. The van der Waals surface area contributed by atoms with E-state index >= 15 is 0 Å². The normalized spacial score (nSPS) is 29.3. The van der Waals surface area contributed by atoms with Gasteiger partial charge in [-0.2, -0.15) is 0 Å². The quantitative estimate of drug-likeness (QED) is 0.807. The van der Waals surface area contributed by atoms with Crippen LogP contribution in [0.5, 0.6) is 0 Å². The van der Waals surface area contributed by atoms with Crippen LogP contribution in [0, 0.1) is 5.92 Å². The highest BCUT2D eigenvalue weighted by atomic mass is 16.1. The molecule has 0 spiro atoms. The monoisotopic (exact) mass is 281 g/mol. The van der Waals surface area contributed by atoms with Crippen LogP contribution in [0.3, 0.4) is 0 Å². The van der Waals surface area contributed by atoms with Crippen LogP contribution in [0.25, 0.3) is 0 Å². The Morgan fingerprint density at radius 1 is 1.15 bits per heavy atom. The van der Waals surface area contributed by atoms with E-state index in [0.29, 0.717) is 6.04 Å².